The van der Waals surface area contributed by atoms with Gasteiger partial charge in [0.25, 0.3) is 5.91 Å². The van der Waals surface area contributed by atoms with Gasteiger partial charge in [-0.2, -0.15) is 0 Å². The first-order chi connectivity index (χ1) is 14.7. The third-order valence-corrected chi connectivity index (χ3v) is 4.95. The number of ether oxygens (including phenoxy) is 2. The Bertz CT molecular complexity index is 1040. The maximum Gasteiger partial charge on any atom is 0.291 e. The Morgan fingerprint density at radius 2 is 1.80 bits per heavy atom. The molecule has 0 radical (unpaired) electrons. The van der Waals surface area contributed by atoms with E-state index in [0.717, 1.165) is 11.3 Å². The summed E-state index contributed by atoms with van der Waals surface area (Å²) in [6.45, 7) is 4.49. The molecule has 0 aliphatic carbocycles. The van der Waals surface area contributed by atoms with Gasteiger partial charge in [-0.3, -0.25) is 9.59 Å². The van der Waals surface area contributed by atoms with Crippen molar-refractivity contribution in [2.45, 2.75) is 13.3 Å². The zero-order valence-corrected chi connectivity index (χ0v) is 16.8. The van der Waals surface area contributed by atoms with Crippen LogP contribution in [0.5, 0.6) is 5.75 Å². The smallest absolute Gasteiger partial charge is 0.291 e. The van der Waals surface area contributed by atoms with Crippen LogP contribution in [-0.4, -0.2) is 49.6 Å². The highest BCUT2D eigenvalue weighted by Gasteiger charge is 2.27. The Morgan fingerprint density at radius 1 is 1.07 bits per heavy atom. The number of furan rings is 1. The maximum absolute atomic E-state index is 13.0. The molecule has 7 nitrogen and oxygen atoms in total. The molecule has 2 heterocycles. The predicted molar refractivity (Wildman–Crippen MR) is 113 cm³/mol. The summed E-state index contributed by atoms with van der Waals surface area (Å²) in [5.74, 6) is 0.451. The van der Waals surface area contributed by atoms with Gasteiger partial charge < -0.3 is 24.1 Å². The Hall–Kier alpha value is -3.32. The van der Waals surface area contributed by atoms with Gasteiger partial charge in [-0.15, -0.1) is 0 Å². The van der Waals surface area contributed by atoms with Gasteiger partial charge >= 0.3 is 0 Å². The number of nitrogens with zero attached hydrogens (tertiary/aromatic N) is 1. The number of benzene rings is 2. The van der Waals surface area contributed by atoms with Crippen molar-refractivity contribution in [1.29, 1.82) is 0 Å². The van der Waals surface area contributed by atoms with E-state index in [-0.39, 0.29) is 24.0 Å². The van der Waals surface area contributed by atoms with Crippen molar-refractivity contribution in [3.63, 3.8) is 0 Å². The number of morpholine rings is 1. The molecule has 2 aromatic carbocycles. The summed E-state index contributed by atoms with van der Waals surface area (Å²) >= 11 is 0. The molecule has 1 saturated heterocycles. The number of hydrogen-bond acceptors (Lipinski definition) is 5. The van der Waals surface area contributed by atoms with E-state index in [1.165, 1.54) is 0 Å². The molecular formula is C23H24N2O5. The van der Waals surface area contributed by atoms with Crippen LogP contribution in [0.3, 0.4) is 0 Å². The molecule has 1 N–H and O–H groups in total. The van der Waals surface area contributed by atoms with Crippen LogP contribution < -0.4 is 10.1 Å². The number of carbonyl (C=O) groups is 2. The summed E-state index contributed by atoms with van der Waals surface area (Å²) < 4.78 is 16.6. The first-order valence-electron chi connectivity index (χ1n) is 10.1. The fraction of sp³-hybridized carbons (Fsp3) is 0.304. The molecule has 0 spiro atoms. The molecule has 3 aromatic rings. The van der Waals surface area contributed by atoms with E-state index < -0.39 is 0 Å². The summed E-state index contributed by atoms with van der Waals surface area (Å²) in [4.78, 5) is 27.5. The molecule has 4 rings (SSSR count). The molecule has 1 aliphatic heterocycles. The fourth-order valence-corrected chi connectivity index (χ4v) is 3.47. The van der Waals surface area contributed by atoms with Crippen LogP contribution in [0.4, 0.5) is 5.69 Å². The second-order valence-corrected chi connectivity index (χ2v) is 7.01. The van der Waals surface area contributed by atoms with Crippen LogP contribution in [0.15, 0.2) is 52.9 Å². The van der Waals surface area contributed by atoms with Gasteiger partial charge in [0.05, 0.1) is 26.2 Å². The fourth-order valence-electron chi connectivity index (χ4n) is 3.47. The van der Waals surface area contributed by atoms with Crippen molar-refractivity contribution in [2.75, 3.05) is 38.2 Å². The number of hydrogen-bond donors (Lipinski definition) is 1. The highest BCUT2D eigenvalue weighted by molar-refractivity contribution is 6.11. The molecule has 0 unspecified atom stereocenters. The molecule has 2 amide bonds. The minimum Gasteiger partial charge on any atom is -0.494 e. The number of carbonyl (C=O) groups excluding carboxylic acids is 2. The number of fused-ring (bicyclic) bond motifs is 1. The summed E-state index contributed by atoms with van der Waals surface area (Å²) in [6.07, 6.45) is 0.178. The summed E-state index contributed by atoms with van der Waals surface area (Å²) in [7, 11) is 0. The Kier molecular flexibility index (Phi) is 5.99. The average Bonchev–Trinajstić information content (AvgIpc) is 3.14. The van der Waals surface area contributed by atoms with Crippen molar-refractivity contribution in [2.24, 2.45) is 0 Å². The lowest BCUT2D eigenvalue weighted by molar-refractivity contribution is -0.115. The maximum atomic E-state index is 13.0. The van der Waals surface area contributed by atoms with Crippen LogP contribution in [0.2, 0.25) is 0 Å². The van der Waals surface area contributed by atoms with Crippen molar-refractivity contribution < 1.29 is 23.5 Å². The van der Waals surface area contributed by atoms with E-state index >= 15 is 0 Å². The van der Waals surface area contributed by atoms with Gasteiger partial charge in [0.1, 0.15) is 17.0 Å². The molecule has 0 bridgehead atoms. The van der Waals surface area contributed by atoms with Crippen LogP contribution in [0.1, 0.15) is 23.0 Å². The molecule has 0 atom stereocenters. The first-order valence-corrected chi connectivity index (χ1v) is 10.1. The second-order valence-electron chi connectivity index (χ2n) is 7.01. The minimum atomic E-state index is -0.245. The summed E-state index contributed by atoms with van der Waals surface area (Å²) in [6, 6.07) is 14.7. The van der Waals surface area contributed by atoms with Crippen LogP contribution >= 0.6 is 0 Å². The molecule has 30 heavy (non-hydrogen) atoms. The summed E-state index contributed by atoms with van der Waals surface area (Å²) in [5.41, 5.74) is 1.83. The topological polar surface area (TPSA) is 81.0 Å². The SMILES string of the molecule is CCOc1ccc(CC(=O)Nc2c(C(=O)N3CCOCC3)oc3ccccc23)cc1. The zero-order chi connectivity index (χ0) is 20.9. The number of para-hydroxylation sites is 1. The van der Waals surface area contributed by atoms with E-state index in [4.69, 9.17) is 13.9 Å². The molecule has 1 aromatic heterocycles. The number of rotatable bonds is 6. The van der Waals surface area contributed by atoms with Gasteiger partial charge in [-0.1, -0.05) is 24.3 Å². The number of anilines is 1. The van der Waals surface area contributed by atoms with Gasteiger partial charge in [-0.05, 0) is 36.8 Å². The Morgan fingerprint density at radius 3 is 2.53 bits per heavy atom. The van der Waals surface area contributed by atoms with Crippen molar-refractivity contribution in [3.8, 4) is 5.75 Å². The second kappa shape index (κ2) is 9.00. The third-order valence-electron chi connectivity index (χ3n) is 4.95. The standard InChI is InChI=1S/C23H24N2O5/c1-2-29-17-9-7-16(8-10-17)15-20(26)24-21-18-5-3-4-6-19(18)30-22(21)23(27)25-11-13-28-14-12-25/h3-10H,2,11-15H2,1H3,(H,24,26). The largest absolute Gasteiger partial charge is 0.494 e. The van der Waals surface area contributed by atoms with E-state index in [1.807, 2.05) is 49.4 Å². The zero-order valence-electron chi connectivity index (χ0n) is 16.8. The van der Waals surface area contributed by atoms with Crippen LogP contribution in [-0.2, 0) is 16.0 Å². The van der Waals surface area contributed by atoms with Crippen LogP contribution in [0, 0.1) is 0 Å². The molecule has 7 heteroatoms. The number of amides is 2. The lowest BCUT2D eigenvalue weighted by Gasteiger charge is -2.26. The van der Waals surface area contributed by atoms with Crippen LogP contribution in [0.25, 0.3) is 11.0 Å². The van der Waals surface area contributed by atoms with Gasteiger partial charge in [0.2, 0.25) is 11.7 Å². The lowest BCUT2D eigenvalue weighted by Crippen LogP contribution is -2.40. The molecular weight excluding hydrogens is 384 g/mol. The normalized spacial score (nSPS) is 14.0. The Balaban J connectivity index is 1.56. The molecule has 1 aliphatic rings. The lowest BCUT2D eigenvalue weighted by atomic mass is 10.1. The first kappa shape index (κ1) is 20.0. The van der Waals surface area contributed by atoms with Gasteiger partial charge in [-0.25, -0.2) is 0 Å². The predicted octanol–water partition coefficient (Wildman–Crippen LogP) is 3.49. The highest BCUT2D eigenvalue weighted by Crippen LogP contribution is 2.32. The highest BCUT2D eigenvalue weighted by atomic mass is 16.5. The number of nitrogens with one attached hydrogen (secondary N) is 1. The summed E-state index contributed by atoms with van der Waals surface area (Å²) in [5, 5.41) is 3.60. The monoisotopic (exact) mass is 408 g/mol. The minimum absolute atomic E-state index is 0.151. The molecule has 156 valence electrons. The molecule has 0 saturated carbocycles. The van der Waals surface area contributed by atoms with Crippen molar-refractivity contribution in [1.82, 2.24) is 4.90 Å². The van der Waals surface area contributed by atoms with Crippen molar-refractivity contribution in [3.05, 3.63) is 59.9 Å². The van der Waals surface area contributed by atoms with Gasteiger partial charge in [0.15, 0.2) is 0 Å². The quantitative estimate of drug-likeness (QED) is 0.675. The van der Waals surface area contributed by atoms with E-state index in [9.17, 15) is 9.59 Å². The molecule has 1 fully saturated rings. The van der Waals surface area contributed by atoms with E-state index in [2.05, 4.69) is 5.32 Å². The van der Waals surface area contributed by atoms with E-state index in [1.54, 1.807) is 11.0 Å². The average molecular weight is 408 g/mol. The van der Waals surface area contributed by atoms with E-state index in [0.29, 0.717) is 49.6 Å². The Labute approximate surface area is 174 Å². The van der Waals surface area contributed by atoms with Gasteiger partial charge in [0, 0.05) is 18.5 Å². The van der Waals surface area contributed by atoms with Crippen molar-refractivity contribution >= 4 is 28.5 Å². The third kappa shape index (κ3) is 4.31.